The molecule has 2 saturated heterocycles. The lowest BCUT2D eigenvalue weighted by molar-refractivity contribution is -0.0476. The number of benzene rings is 1. The summed E-state index contributed by atoms with van der Waals surface area (Å²) in [5, 5.41) is 13.7. The van der Waals surface area contributed by atoms with Crippen molar-refractivity contribution in [2.75, 3.05) is 26.2 Å². The van der Waals surface area contributed by atoms with Gasteiger partial charge in [-0.25, -0.2) is 4.79 Å². The molecule has 0 radical (unpaired) electrons. The monoisotopic (exact) mass is 304 g/mol. The Morgan fingerprint density at radius 3 is 3.00 bits per heavy atom. The maximum Gasteiger partial charge on any atom is 0.410 e. The Bertz CT molecular complexity index is 504. The lowest BCUT2D eigenvalue weighted by atomic mass is 9.72. The van der Waals surface area contributed by atoms with Gasteiger partial charge in [-0.1, -0.05) is 30.3 Å². The van der Waals surface area contributed by atoms with Crippen LogP contribution in [0.4, 0.5) is 4.79 Å². The Kier molecular flexibility index (Phi) is 4.64. The average molecular weight is 304 g/mol. The lowest BCUT2D eigenvalue weighted by Gasteiger charge is -2.47. The number of aliphatic hydroxyl groups is 1. The predicted molar refractivity (Wildman–Crippen MR) is 83.4 cm³/mol. The summed E-state index contributed by atoms with van der Waals surface area (Å²) in [6, 6.07) is 9.70. The normalized spacial score (nSPS) is 28.6. The molecule has 2 aliphatic heterocycles. The van der Waals surface area contributed by atoms with E-state index in [0.717, 1.165) is 37.9 Å². The molecule has 0 saturated carbocycles. The van der Waals surface area contributed by atoms with Gasteiger partial charge in [-0.05, 0) is 31.4 Å². The molecule has 3 rings (SSSR count). The Balaban J connectivity index is 1.58. The maximum atomic E-state index is 12.3. The number of carbonyl (C=O) groups excluding carboxylic acids is 1. The van der Waals surface area contributed by atoms with Gasteiger partial charge in [-0.2, -0.15) is 0 Å². The topological polar surface area (TPSA) is 61.8 Å². The van der Waals surface area contributed by atoms with Crippen LogP contribution < -0.4 is 5.32 Å². The summed E-state index contributed by atoms with van der Waals surface area (Å²) >= 11 is 0. The highest BCUT2D eigenvalue weighted by Crippen LogP contribution is 2.36. The molecule has 22 heavy (non-hydrogen) atoms. The van der Waals surface area contributed by atoms with Gasteiger partial charge in [-0.3, -0.25) is 0 Å². The zero-order valence-electron chi connectivity index (χ0n) is 12.8. The Labute approximate surface area is 131 Å². The predicted octanol–water partition coefficient (Wildman–Crippen LogP) is 1.76. The molecule has 1 amide bonds. The number of hydrogen-bond acceptors (Lipinski definition) is 4. The standard InChI is InChI=1S/C17H24N2O3/c20-15-7-9-18-12-17(15)8-4-10-19(13-17)16(21)22-11-14-5-2-1-3-6-14/h1-3,5-6,15,18,20H,4,7-13H2. The summed E-state index contributed by atoms with van der Waals surface area (Å²) in [5.74, 6) is 0. The summed E-state index contributed by atoms with van der Waals surface area (Å²) in [4.78, 5) is 14.1. The van der Waals surface area contributed by atoms with Gasteiger partial charge in [0.2, 0.25) is 0 Å². The molecule has 1 aromatic carbocycles. The molecule has 1 spiro atoms. The summed E-state index contributed by atoms with van der Waals surface area (Å²) < 4.78 is 5.42. The van der Waals surface area contributed by atoms with E-state index in [2.05, 4.69) is 5.32 Å². The zero-order valence-corrected chi connectivity index (χ0v) is 12.8. The number of piperidine rings is 2. The van der Waals surface area contributed by atoms with E-state index in [0.29, 0.717) is 19.7 Å². The third kappa shape index (κ3) is 3.25. The van der Waals surface area contributed by atoms with Gasteiger partial charge in [0.05, 0.1) is 6.10 Å². The highest BCUT2D eigenvalue weighted by atomic mass is 16.6. The zero-order chi connectivity index (χ0) is 15.4. The fraction of sp³-hybridized carbons (Fsp3) is 0.588. The second kappa shape index (κ2) is 6.67. The van der Waals surface area contributed by atoms with Gasteiger partial charge in [0, 0.05) is 25.0 Å². The molecule has 5 nitrogen and oxygen atoms in total. The first-order chi connectivity index (χ1) is 10.7. The molecule has 2 unspecified atom stereocenters. The molecule has 0 aliphatic carbocycles. The molecular weight excluding hydrogens is 280 g/mol. The van der Waals surface area contributed by atoms with Crippen LogP contribution >= 0.6 is 0 Å². The Morgan fingerprint density at radius 1 is 1.41 bits per heavy atom. The van der Waals surface area contributed by atoms with Crippen molar-refractivity contribution in [2.24, 2.45) is 5.41 Å². The first kappa shape index (κ1) is 15.3. The minimum atomic E-state index is -0.335. The van der Waals surface area contributed by atoms with Crippen molar-refractivity contribution in [2.45, 2.75) is 32.0 Å². The average Bonchev–Trinajstić information content (AvgIpc) is 2.57. The highest BCUT2D eigenvalue weighted by molar-refractivity contribution is 5.67. The number of carbonyl (C=O) groups is 1. The summed E-state index contributed by atoms with van der Waals surface area (Å²) in [6.45, 7) is 3.21. The molecule has 2 heterocycles. The van der Waals surface area contributed by atoms with E-state index < -0.39 is 0 Å². The van der Waals surface area contributed by atoms with Crippen molar-refractivity contribution in [1.29, 1.82) is 0 Å². The van der Waals surface area contributed by atoms with E-state index in [1.165, 1.54) is 0 Å². The third-order valence-corrected chi connectivity index (χ3v) is 4.85. The van der Waals surface area contributed by atoms with Gasteiger partial charge in [0.15, 0.2) is 0 Å². The SMILES string of the molecule is O=C(OCc1ccccc1)N1CCCC2(CNCCC2O)C1. The van der Waals surface area contributed by atoms with Gasteiger partial charge in [0.1, 0.15) is 6.61 Å². The van der Waals surface area contributed by atoms with Gasteiger partial charge in [0.25, 0.3) is 0 Å². The number of nitrogens with one attached hydrogen (secondary N) is 1. The highest BCUT2D eigenvalue weighted by Gasteiger charge is 2.44. The van der Waals surface area contributed by atoms with Crippen LogP contribution in [0.5, 0.6) is 0 Å². The number of rotatable bonds is 2. The summed E-state index contributed by atoms with van der Waals surface area (Å²) in [7, 11) is 0. The molecule has 1 aromatic rings. The fourth-order valence-corrected chi connectivity index (χ4v) is 3.54. The van der Waals surface area contributed by atoms with Crippen LogP contribution in [0, 0.1) is 5.41 Å². The molecule has 0 aromatic heterocycles. The van der Waals surface area contributed by atoms with Crippen LogP contribution in [-0.4, -0.2) is 48.4 Å². The number of likely N-dealkylation sites (tertiary alicyclic amines) is 1. The van der Waals surface area contributed by atoms with Crippen LogP contribution in [-0.2, 0) is 11.3 Å². The van der Waals surface area contributed by atoms with Crippen LogP contribution in [0.1, 0.15) is 24.8 Å². The largest absolute Gasteiger partial charge is 0.445 e. The molecule has 2 atom stereocenters. The van der Waals surface area contributed by atoms with Gasteiger partial charge in [-0.15, -0.1) is 0 Å². The van der Waals surface area contributed by atoms with Crippen LogP contribution in [0.15, 0.2) is 30.3 Å². The van der Waals surface area contributed by atoms with E-state index in [9.17, 15) is 9.90 Å². The third-order valence-electron chi connectivity index (χ3n) is 4.85. The van der Waals surface area contributed by atoms with Crippen LogP contribution in [0.2, 0.25) is 0 Å². The maximum absolute atomic E-state index is 12.3. The lowest BCUT2D eigenvalue weighted by Crippen LogP contribution is -2.58. The van der Waals surface area contributed by atoms with Crippen molar-refractivity contribution < 1.29 is 14.6 Å². The van der Waals surface area contributed by atoms with Crippen molar-refractivity contribution >= 4 is 6.09 Å². The smallest absolute Gasteiger partial charge is 0.410 e. The first-order valence-corrected chi connectivity index (χ1v) is 8.04. The van der Waals surface area contributed by atoms with E-state index in [-0.39, 0.29) is 17.6 Å². The molecule has 2 N–H and O–H groups in total. The summed E-state index contributed by atoms with van der Waals surface area (Å²) in [5.41, 5.74) is 0.782. The minimum Gasteiger partial charge on any atom is -0.445 e. The number of amides is 1. The quantitative estimate of drug-likeness (QED) is 0.874. The summed E-state index contributed by atoms with van der Waals surface area (Å²) in [6.07, 6.45) is 2.02. The molecule has 2 fully saturated rings. The fourth-order valence-electron chi connectivity index (χ4n) is 3.54. The second-order valence-corrected chi connectivity index (χ2v) is 6.41. The van der Waals surface area contributed by atoms with Gasteiger partial charge < -0.3 is 20.1 Å². The number of nitrogens with zero attached hydrogens (tertiary/aromatic N) is 1. The van der Waals surface area contributed by atoms with E-state index in [4.69, 9.17) is 4.74 Å². The van der Waals surface area contributed by atoms with Gasteiger partial charge >= 0.3 is 6.09 Å². The van der Waals surface area contributed by atoms with Crippen molar-refractivity contribution in [3.8, 4) is 0 Å². The van der Waals surface area contributed by atoms with Crippen molar-refractivity contribution in [3.05, 3.63) is 35.9 Å². The number of hydrogen-bond donors (Lipinski definition) is 2. The molecule has 2 aliphatic rings. The van der Waals surface area contributed by atoms with Crippen molar-refractivity contribution in [3.63, 3.8) is 0 Å². The molecule has 120 valence electrons. The van der Waals surface area contributed by atoms with Crippen molar-refractivity contribution in [1.82, 2.24) is 10.2 Å². The number of aliphatic hydroxyl groups excluding tert-OH is 1. The van der Waals surface area contributed by atoms with E-state index >= 15 is 0 Å². The molecular formula is C17H24N2O3. The van der Waals surface area contributed by atoms with E-state index in [1.54, 1.807) is 4.90 Å². The number of ether oxygens (including phenoxy) is 1. The minimum absolute atomic E-state index is 0.206. The van der Waals surface area contributed by atoms with Crippen LogP contribution in [0.25, 0.3) is 0 Å². The second-order valence-electron chi connectivity index (χ2n) is 6.41. The van der Waals surface area contributed by atoms with E-state index in [1.807, 2.05) is 30.3 Å². The Hall–Kier alpha value is -1.59. The van der Waals surface area contributed by atoms with Crippen LogP contribution in [0.3, 0.4) is 0 Å². The molecule has 0 bridgehead atoms. The first-order valence-electron chi connectivity index (χ1n) is 8.04. The Morgan fingerprint density at radius 2 is 2.23 bits per heavy atom. The molecule has 5 heteroatoms.